The van der Waals surface area contributed by atoms with Crippen LogP contribution in [0.3, 0.4) is 0 Å². The van der Waals surface area contributed by atoms with Crippen molar-refractivity contribution < 1.29 is 4.92 Å². The third kappa shape index (κ3) is 1.56. The lowest BCUT2D eigenvalue weighted by Crippen LogP contribution is -2.02. The van der Waals surface area contributed by atoms with E-state index in [0.717, 1.165) is 24.8 Å². The predicted octanol–water partition coefficient (Wildman–Crippen LogP) is 1.76. The Morgan fingerprint density at radius 1 is 1.60 bits per heavy atom. The van der Waals surface area contributed by atoms with Gasteiger partial charge in [-0.15, -0.1) is 0 Å². The molecule has 0 spiro atoms. The van der Waals surface area contributed by atoms with Crippen molar-refractivity contribution in [1.82, 2.24) is 0 Å². The van der Waals surface area contributed by atoms with Crippen LogP contribution in [0.25, 0.3) is 0 Å². The third-order valence-electron chi connectivity index (χ3n) is 1.95. The van der Waals surface area contributed by atoms with E-state index in [9.17, 15) is 10.1 Å². The molecule has 0 saturated carbocycles. The van der Waals surface area contributed by atoms with E-state index in [-0.39, 0.29) is 11.5 Å². The van der Waals surface area contributed by atoms with Gasteiger partial charge in [0.25, 0.3) is 0 Å². The van der Waals surface area contributed by atoms with E-state index >= 15 is 0 Å². The largest absolute Gasteiger partial charge is 0.264 e. The summed E-state index contributed by atoms with van der Waals surface area (Å²) in [6, 6.07) is 0. The number of hydrogen-bond acceptors (Lipinski definition) is 2. The highest BCUT2D eigenvalue weighted by molar-refractivity contribution is 5.17. The minimum Gasteiger partial charge on any atom is -0.264 e. The van der Waals surface area contributed by atoms with Crippen LogP contribution in [-0.2, 0) is 0 Å². The predicted molar refractivity (Wildman–Crippen MR) is 38.4 cm³/mol. The summed E-state index contributed by atoms with van der Waals surface area (Å²) in [4.78, 5) is 9.83. The van der Waals surface area contributed by atoms with Crippen molar-refractivity contribution in [2.45, 2.75) is 26.2 Å². The zero-order valence-electron chi connectivity index (χ0n) is 6.09. The second-order valence-electron chi connectivity index (χ2n) is 2.73. The summed E-state index contributed by atoms with van der Waals surface area (Å²) in [7, 11) is 0. The second-order valence-corrected chi connectivity index (χ2v) is 2.73. The molecule has 1 aliphatic carbocycles. The van der Waals surface area contributed by atoms with Gasteiger partial charge in [-0.05, 0) is 31.8 Å². The van der Waals surface area contributed by atoms with Crippen LogP contribution in [0.2, 0.25) is 0 Å². The SMILES string of the molecule is CC1=C(C[N+](=O)[O-])CCC1. The monoisotopic (exact) mass is 141 g/mol. The molecule has 0 fully saturated rings. The molecule has 0 aliphatic heterocycles. The highest BCUT2D eigenvalue weighted by atomic mass is 16.6. The van der Waals surface area contributed by atoms with Crippen LogP contribution in [0.5, 0.6) is 0 Å². The molecular formula is C7H11NO2. The van der Waals surface area contributed by atoms with E-state index in [1.165, 1.54) is 5.57 Å². The maximum absolute atomic E-state index is 10.1. The Hall–Kier alpha value is -0.860. The Morgan fingerprint density at radius 2 is 2.30 bits per heavy atom. The van der Waals surface area contributed by atoms with Crippen molar-refractivity contribution in [3.63, 3.8) is 0 Å². The molecule has 10 heavy (non-hydrogen) atoms. The summed E-state index contributed by atoms with van der Waals surface area (Å²) >= 11 is 0. The van der Waals surface area contributed by atoms with Gasteiger partial charge in [0, 0.05) is 4.92 Å². The van der Waals surface area contributed by atoms with Gasteiger partial charge in [0.15, 0.2) is 0 Å². The number of allylic oxidation sites excluding steroid dienone is 1. The van der Waals surface area contributed by atoms with E-state index in [1.54, 1.807) is 0 Å². The molecule has 56 valence electrons. The van der Waals surface area contributed by atoms with Crippen LogP contribution in [0.15, 0.2) is 11.1 Å². The Bertz CT molecular complexity index is 184. The first-order valence-electron chi connectivity index (χ1n) is 3.49. The minimum atomic E-state index is -0.246. The molecule has 1 rings (SSSR count). The maximum Gasteiger partial charge on any atom is 0.225 e. The molecule has 0 amide bonds. The van der Waals surface area contributed by atoms with E-state index in [2.05, 4.69) is 0 Å². The lowest BCUT2D eigenvalue weighted by molar-refractivity contribution is -0.471. The van der Waals surface area contributed by atoms with Crippen molar-refractivity contribution in [3.8, 4) is 0 Å². The second kappa shape index (κ2) is 2.82. The van der Waals surface area contributed by atoms with Crippen molar-refractivity contribution >= 4 is 0 Å². The minimum absolute atomic E-state index is 0.0613. The van der Waals surface area contributed by atoms with Crippen molar-refractivity contribution in [2.75, 3.05) is 6.54 Å². The number of rotatable bonds is 2. The van der Waals surface area contributed by atoms with Crippen LogP contribution in [-0.4, -0.2) is 11.5 Å². The van der Waals surface area contributed by atoms with E-state index in [0.29, 0.717) is 0 Å². The zero-order chi connectivity index (χ0) is 7.56. The van der Waals surface area contributed by atoms with Gasteiger partial charge in [0.05, 0.1) is 0 Å². The van der Waals surface area contributed by atoms with Gasteiger partial charge in [-0.1, -0.05) is 5.57 Å². The molecule has 3 heteroatoms. The molecule has 0 aromatic heterocycles. The number of nitrogens with zero attached hydrogens (tertiary/aromatic N) is 1. The van der Waals surface area contributed by atoms with Gasteiger partial charge in [-0.25, -0.2) is 0 Å². The van der Waals surface area contributed by atoms with E-state index < -0.39 is 0 Å². The van der Waals surface area contributed by atoms with Crippen LogP contribution >= 0.6 is 0 Å². The fraction of sp³-hybridized carbons (Fsp3) is 0.714. The van der Waals surface area contributed by atoms with Gasteiger partial charge in [0.2, 0.25) is 6.54 Å². The molecule has 0 atom stereocenters. The topological polar surface area (TPSA) is 43.1 Å². The maximum atomic E-state index is 10.1. The summed E-state index contributed by atoms with van der Waals surface area (Å²) in [6.07, 6.45) is 3.10. The first-order chi connectivity index (χ1) is 4.70. The van der Waals surface area contributed by atoms with E-state index in [1.807, 2.05) is 6.92 Å². The van der Waals surface area contributed by atoms with Gasteiger partial charge in [0.1, 0.15) is 0 Å². The Morgan fingerprint density at radius 3 is 2.70 bits per heavy atom. The van der Waals surface area contributed by atoms with Gasteiger partial charge in [-0.2, -0.15) is 0 Å². The molecule has 1 aliphatic rings. The summed E-state index contributed by atoms with van der Waals surface area (Å²) in [5, 5.41) is 10.1. The Labute approximate surface area is 59.9 Å². The molecule has 3 nitrogen and oxygen atoms in total. The highest BCUT2D eigenvalue weighted by Gasteiger charge is 2.14. The van der Waals surface area contributed by atoms with Crippen molar-refractivity contribution in [2.24, 2.45) is 0 Å². The molecule has 0 N–H and O–H groups in total. The quantitative estimate of drug-likeness (QED) is 0.334. The lowest BCUT2D eigenvalue weighted by Gasteiger charge is -1.94. The van der Waals surface area contributed by atoms with Gasteiger partial charge in [-0.3, -0.25) is 10.1 Å². The van der Waals surface area contributed by atoms with Crippen LogP contribution in [0.1, 0.15) is 26.2 Å². The molecule has 0 aromatic rings. The summed E-state index contributed by atoms with van der Waals surface area (Å²) in [5.41, 5.74) is 2.28. The number of nitro groups is 1. The smallest absolute Gasteiger partial charge is 0.225 e. The molecule has 0 unspecified atom stereocenters. The van der Waals surface area contributed by atoms with Crippen molar-refractivity contribution in [3.05, 3.63) is 21.3 Å². The molecule has 0 heterocycles. The molecule has 0 radical (unpaired) electrons. The standard InChI is InChI=1S/C7H11NO2/c1-6-3-2-4-7(6)5-8(9)10/h2-5H2,1H3. The zero-order valence-corrected chi connectivity index (χ0v) is 6.09. The first-order valence-corrected chi connectivity index (χ1v) is 3.49. The van der Waals surface area contributed by atoms with Crippen LogP contribution < -0.4 is 0 Å². The summed E-state index contributed by atoms with van der Waals surface area (Å²) in [6.45, 7) is 2.05. The van der Waals surface area contributed by atoms with Gasteiger partial charge >= 0.3 is 0 Å². The van der Waals surface area contributed by atoms with Crippen LogP contribution in [0.4, 0.5) is 0 Å². The van der Waals surface area contributed by atoms with Crippen LogP contribution in [0, 0.1) is 10.1 Å². The average molecular weight is 141 g/mol. The summed E-state index contributed by atoms with van der Waals surface area (Å²) < 4.78 is 0. The fourth-order valence-corrected chi connectivity index (χ4v) is 1.33. The number of hydrogen-bond donors (Lipinski definition) is 0. The lowest BCUT2D eigenvalue weighted by atomic mass is 10.2. The average Bonchev–Trinajstić information content (AvgIpc) is 2.15. The van der Waals surface area contributed by atoms with Crippen molar-refractivity contribution in [1.29, 1.82) is 0 Å². The van der Waals surface area contributed by atoms with E-state index in [4.69, 9.17) is 0 Å². The normalized spacial score (nSPS) is 18.1. The Kier molecular flexibility index (Phi) is 2.04. The Balaban J connectivity index is 2.54. The first kappa shape index (κ1) is 7.25. The fourth-order valence-electron chi connectivity index (χ4n) is 1.33. The summed E-state index contributed by atoms with van der Waals surface area (Å²) in [5.74, 6) is 0. The molecular weight excluding hydrogens is 130 g/mol. The third-order valence-corrected chi connectivity index (χ3v) is 1.95. The molecule has 0 bridgehead atoms. The molecule has 0 aromatic carbocycles. The van der Waals surface area contributed by atoms with Gasteiger partial charge < -0.3 is 0 Å². The molecule has 0 saturated heterocycles. The highest BCUT2D eigenvalue weighted by Crippen LogP contribution is 2.24.